The first-order valence-electron chi connectivity index (χ1n) is 9.44. The highest BCUT2D eigenvalue weighted by molar-refractivity contribution is 5.93. The van der Waals surface area contributed by atoms with E-state index in [0.29, 0.717) is 0 Å². The summed E-state index contributed by atoms with van der Waals surface area (Å²) >= 11 is 0. The summed E-state index contributed by atoms with van der Waals surface area (Å²) in [6.07, 6.45) is 4.69. The summed E-state index contributed by atoms with van der Waals surface area (Å²) in [5.74, 6) is -0.418. The number of aromatic nitrogens is 1. The van der Waals surface area contributed by atoms with Gasteiger partial charge in [-0.25, -0.2) is 4.39 Å². The molecule has 1 N–H and O–H groups in total. The molecule has 142 valence electrons. The molecule has 1 aromatic heterocycles. The molecule has 0 bridgehead atoms. The van der Waals surface area contributed by atoms with Gasteiger partial charge in [-0.1, -0.05) is 42.5 Å². The van der Waals surface area contributed by atoms with E-state index >= 15 is 0 Å². The number of hydrogen-bond acceptors (Lipinski definition) is 3. The summed E-state index contributed by atoms with van der Waals surface area (Å²) in [6, 6.07) is 16.4. The van der Waals surface area contributed by atoms with Crippen molar-refractivity contribution in [1.82, 2.24) is 9.88 Å². The lowest BCUT2D eigenvalue weighted by Gasteiger charge is -2.29. The van der Waals surface area contributed by atoms with Crippen LogP contribution < -0.4 is 5.32 Å². The molecule has 0 atom stereocenters. The molecule has 28 heavy (non-hydrogen) atoms. The number of rotatable bonds is 5. The van der Waals surface area contributed by atoms with Gasteiger partial charge in [0.1, 0.15) is 5.82 Å². The van der Waals surface area contributed by atoms with Crippen molar-refractivity contribution >= 4 is 11.6 Å². The van der Waals surface area contributed by atoms with Gasteiger partial charge >= 0.3 is 0 Å². The molecule has 4 nitrogen and oxygen atoms in total. The number of fused-ring (bicyclic) bond motifs is 1. The number of halogens is 1. The molecule has 1 aliphatic rings. The van der Waals surface area contributed by atoms with Crippen LogP contribution in [-0.4, -0.2) is 22.3 Å². The molecule has 1 amide bonds. The highest BCUT2D eigenvalue weighted by atomic mass is 19.1. The van der Waals surface area contributed by atoms with Crippen molar-refractivity contribution in [2.45, 2.75) is 25.9 Å². The molecule has 2 heterocycles. The van der Waals surface area contributed by atoms with E-state index in [9.17, 15) is 9.18 Å². The topological polar surface area (TPSA) is 45.2 Å². The van der Waals surface area contributed by atoms with E-state index in [1.807, 2.05) is 12.3 Å². The predicted octanol–water partition coefficient (Wildman–Crippen LogP) is 3.96. The third-order valence-electron chi connectivity index (χ3n) is 5.02. The molecule has 0 saturated carbocycles. The molecule has 0 radical (unpaired) electrons. The third-order valence-corrected chi connectivity index (χ3v) is 5.02. The highest BCUT2D eigenvalue weighted by Gasteiger charge is 2.20. The molecule has 0 fully saturated rings. The fourth-order valence-corrected chi connectivity index (χ4v) is 3.62. The Morgan fingerprint density at radius 2 is 1.82 bits per heavy atom. The van der Waals surface area contributed by atoms with Gasteiger partial charge in [0.2, 0.25) is 5.91 Å². The Balaban J connectivity index is 1.42. The lowest BCUT2D eigenvalue weighted by atomic mass is 9.99. The number of hydrogen-bond donors (Lipinski definition) is 1. The molecule has 0 aliphatic carbocycles. The number of amides is 1. The van der Waals surface area contributed by atoms with E-state index < -0.39 is 0 Å². The number of carbonyl (C=O) groups is 1. The molecule has 4 rings (SSSR count). The first-order chi connectivity index (χ1) is 13.7. The summed E-state index contributed by atoms with van der Waals surface area (Å²) < 4.78 is 13.0. The minimum atomic E-state index is -0.300. The van der Waals surface area contributed by atoms with Gasteiger partial charge < -0.3 is 5.32 Å². The monoisotopic (exact) mass is 375 g/mol. The van der Waals surface area contributed by atoms with Gasteiger partial charge in [0.05, 0.1) is 18.3 Å². The molecule has 5 heteroatoms. The second-order valence-electron chi connectivity index (χ2n) is 7.12. The van der Waals surface area contributed by atoms with Crippen molar-refractivity contribution in [2.24, 2.45) is 0 Å². The lowest BCUT2D eigenvalue weighted by molar-refractivity contribution is -0.115. The Morgan fingerprint density at radius 1 is 1.04 bits per heavy atom. The summed E-state index contributed by atoms with van der Waals surface area (Å²) in [6.45, 7) is 2.66. The van der Waals surface area contributed by atoms with E-state index in [0.717, 1.165) is 48.4 Å². The molecule has 0 unspecified atom stereocenters. The van der Waals surface area contributed by atoms with Gasteiger partial charge in [0, 0.05) is 25.8 Å². The van der Waals surface area contributed by atoms with Crippen molar-refractivity contribution in [1.29, 1.82) is 0 Å². The van der Waals surface area contributed by atoms with Crippen LogP contribution in [0.2, 0.25) is 0 Å². The standard InChI is InChI=1S/C23H22FN3O/c24-20-8-6-17(7-9-20)12-23(28)26-22-14-25-13-19-16-27(11-10-21(19)22)15-18-4-2-1-3-5-18/h1-9,13-14H,10-12,15-16H2,(H,26,28). The average molecular weight is 375 g/mol. The second-order valence-corrected chi connectivity index (χ2v) is 7.12. The number of carbonyl (C=O) groups excluding carboxylic acids is 1. The van der Waals surface area contributed by atoms with Gasteiger partial charge in [-0.3, -0.25) is 14.7 Å². The number of benzene rings is 2. The second kappa shape index (κ2) is 8.31. The zero-order valence-electron chi connectivity index (χ0n) is 15.6. The zero-order valence-corrected chi connectivity index (χ0v) is 15.6. The Kier molecular flexibility index (Phi) is 5.44. The quantitative estimate of drug-likeness (QED) is 0.734. The molecule has 1 aliphatic heterocycles. The van der Waals surface area contributed by atoms with Crippen LogP contribution in [0, 0.1) is 5.82 Å². The van der Waals surface area contributed by atoms with Gasteiger partial charge in [0.15, 0.2) is 0 Å². The van der Waals surface area contributed by atoms with Crippen LogP contribution in [0.3, 0.4) is 0 Å². The maximum absolute atomic E-state index is 13.0. The van der Waals surface area contributed by atoms with Gasteiger partial charge in [-0.2, -0.15) is 0 Å². The van der Waals surface area contributed by atoms with Crippen molar-refractivity contribution in [2.75, 3.05) is 11.9 Å². The molecule has 3 aromatic rings. The van der Waals surface area contributed by atoms with Crippen LogP contribution in [0.15, 0.2) is 67.0 Å². The smallest absolute Gasteiger partial charge is 0.228 e. The molecule has 2 aromatic carbocycles. The summed E-state index contributed by atoms with van der Waals surface area (Å²) in [5, 5.41) is 2.98. The molecular weight excluding hydrogens is 353 g/mol. The van der Waals surface area contributed by atoms with Crippen LogP contribution in [0.1, 0.15) is 22.3 Å². The van der Waals surface area contributed by atoms with E-state index in [4.69, 9.17) is 0 Å². The van der Waals surface area contributed by atoms with E-state index in [1.165, 1.54) is 17.7 Å². The van der Waals surface area contributed by atoms with E-state index in [2.05, 4.69) is 39.5 Å². The number of nitrogens with zero attached hydrogens (tertiary/aromatic N) is 2. The van der Waals surface area contributed by atoms with Gasteiger partial charge in [-0.05, 0) is 40.8 Å². The number of anilines is 1. The first kappa shape index (κ1) is 18.3. The minimum Gasteiger partial charge on any atom is -0.324 e. The maximum atomic E-state index is 13.0. The van der Waals surface area contributed by atoms with Crippen molar-refractivity contribution in [3.05, 3.63) is 95.1 Å². The molecule has 0 spiro atoms. The van der Waals surface area contributed by atoms with Crippen LogP contribution >= 0.6 is 0 Å². The number of pyridine rings is 1. The van der Waals surface area contributed by atoms with Crippen molar-refractivity contribution < 1.29 is 9.18 Å². The number of nitrogens with one attached hydrogen (secondary N) is 1. The third kappa shape index (κ3) is 4.43. The Hall–Kier alpha value is -3.05. The Labute approximate surface area is 164 Å². The molecular formula is C23H22FN3O. The Bertz CT molecular complexity index is 957. The van der Waals surface area contributed by atoms with Crippen molar-refractivity contribution in [3.8, 4) is 0 Å². The van der Waals surface area contributed by atoms with Gasteiger partial charge in [0.25, 0.3) is 0 Å². The first-order valence-corrected chi connectivity index (χ1v) is 9.44. The fourth-order valence-electron chi connectivity index (χ4n) is 3.62. The van der Waals surface area contributed by atoms with Crippen LogP contribution in [0.25, 0.3) is 0 Å². The normalized spacial score (nSPS) is 13.8. The highest BCUT2D eigenvalue weighted by Crippen LogP contribution is 2.26. The molecule has 0 saturated heterocycles. The SMILES string of the molecule is O=C(Cc1ccc(F)cc1)Nc1cncc2c1CCN(Cc1ccccc1)C2. The fraction of sp³-hybridized carbons (Fsp3) is 0.217. The van der Waals surface area contributed by atoms with Crippen molar-refractivity contribution in [3.63, 3.8) is 0 Å². The maximum Gasteiger partial charge on any atom is 0.228 e. The summed E-state index contributed by atoms with van der Waals surface area (Å²) in [5.41, 5.74) is 5.17. The average Bonchev–Trinajstić information content (AvgIpc) is 2.70. The largest absolute Gasteiger partial charge is 0.324 e. The zero-order chi connectivity index (χ0) is 19.3. The summed E-state index contributed by atoms with van der Waals surface area (Å²) in [7, 11) is 0. The van der Waals surface area contributed by atoms with Crippen LogP contribution in [0.5, 0.6) is 0 Å². The van der Waals surface area contributed by atoms with Gasteiger partial charge in [-0.15, -0.1) is 0 Å². The van der Waals surface area contributed by atoms with Crippen LogP contribution in [0.4, 0.5) is 10.1 Å². The Morgan fingerprint density at radius 3 is 2.61 bits per heavy atom. The minimum absolute atomic E-state index is 0.117. The lowest BCUT2D eigenvalue weighted by Crippen LogP contribution is -2.31. The van der Waals surface area contributed by atoms with E-state index in [-0.39, 0.29) is 18.1 Å². The van der Waals surface area contributed by atoms with Crippen LogP contribution in [-0.2, 0) is 30.7 Å². The van der Waals surface area contributed by atoms with E-state index in [1.54, 1.807) is 18.3 Å². The predicted molar refractivity (Wildman–Crippen MR) is 107 cm³/mol. The summed E-state index contributed by atoms with van der Waals surface area (Å²) in [4.78, 5) is 19.1.